The molecule has 0 aliphatic carbocycles. The molecule has 1 aromatic heterocycles. The van der Waals surface area contributed by atoms with E-state index in [0.29, 0.717) is 6.42 Å². The van der Waals surface area contributed by atoms with Gasteiger partial charge in [-0.25, -0.2) is 4.79 Å². The second-order valence-corrected chi connectivity index (χ2v) is 4.99. The normalized spacial score (nSPS) is 12.0. The Kier molecular flexibility index (Phi) is 5.37. The molecule has 118 valence electrons. The molecule has 5 N–H and O–H groups in total. The molecule has 7 nitrogen and oxygen atoms in total. The number of urea groups is 1. The van der Waals surface area contributed by atoms with Crippen molar-refractivity contribution < 1.29 is 19.8 Å². The number of para-hydroxylation sites is 1. The fraction of sp³-hybridized carbons (Fsp3) is 0.333. The molecule has 0 bridgehead atoms. The molecular weight excluding hydrogens is 286 g/mol. The highest BCUT2D eigenvalue weighted by atomic mass is 16.4. The van der Waals surface area contributed by atoms with Crippen LogP contribution in [0.2, 0.25) is 0 Å². The zero-order chi connectivity index (χ0) is 15.9. The molecule has 0 saturated carbocycles. The summed E-state index contributed by atoms with van der Waals surface area (Å²) in [6.45, 7) is -0.155. The lowest BCUT2D eigenvalue weighted by Crippen LogP contribution is -2.45. The zero-order valence-electron chi connectivity index (χ0n) is 12.0. The Labute approximate surface area is 127 Å². The number of nitrogens with one attached hydrogen (secondary N) is 3. The molecule has 1 aromatic carbocycles. The average molecular weight is 305 g/mol. The van der Waals surface area contributed by atoms with Crippen molar-refractivity contribution in [3.05, 3.63) is 36.0 Å². The molecule has 1 atom stereocenters. The largest absolute Gasteiger partial charge is 0.481 e. The number of carboxylic acid groups (broad SMARTS) is 1. The van der Waals surface area contributed by atoms with Crippen LogP contribution in [0, 0.1) is 0 Å². The molecular formula is C15H19N3O4. The van der Waals surface area contributed by atoms with Gasteiger partial charge >= 0.3 is 12.0 Å². The highest BCUT2D eigenvalue weighted by molar-refractivity contribution is 5.83. The minimum Gasteiger partial charge on any atom is -0.481 e. The van der Waals surface area contributed by atoms with E-state index in [2.05, 4.69) is 15.6 Å². The molecule has 2 amide bonds. The number of H-pyrrole nitrogens is 1. The Hall–Kier alpha value is -2.54. The topological polar surface area (TPSA) is 114 Å². The first-order valence-electron chi connectivity index (χ1n) is 7.02. The van der Waals surface area contributed by atoms with Crippen molar-refractivity contribution in [2.75, 3.05) is 13.2 Å². The molecule has 0 radical (unpaired) electrons. The average Bonchev–Trinajstić information content (AvgIpc) is 2.89. The van der Waals surface area contributed by atoms with E-state index in [9.17, 15) is 14.7 Å². The summed E-state index contributed by atoms with van der Waals surface area (Å²) in [4.78, 5) is 25.2. The van der Waals surface area contributed by atoms with Crippen LogP contribution in [0.25, 0.3) is 10.9 Å². The Balaban J connectivity index is 1.91. The van der Waals surface area contributed by atoms with Crippen LogP contribution in [0.3, 0.4) is 0 Å². The molecule has 0 aliphatic heterocycles. The minimum absolute atomic E-state index is 0.0480. The number of aromatic amines is 1. The van der Waals surface area contributed by atoms with Crippen LogP contribution in [0.15, 0.2) is 30.5 Å². The number of aromatic nitrogens is 1. The molecule has 0 aliphatic rings. The summed E-state index contributed by atoms with van der Waals surface area (Å²) in [5, 5.41) is 24.1. The SMILES string of the molecule is O=C(O)CCNC(=O)NC(CO)Cc1c[nH]c2ccccc12. The molecule has 2 rings (SSSR count). The van der Waals surface area contributed by atoms with Crippen LogP contribution >= 0.6 is 0 Å². The lowest BCUT2D eigenvalue weighted by Gasteiger charge is -2.16. The smallest absolute Gasteiger partial charge is 0.315 e. The number of benzene rings is 1. The quantitative estimate of drug-likeness (QED) is 0.521. The van der Waals surface area contributed by atoms with Crippen LogP contribution in [0.4, 0.5) is 4.79 Å². The maximum atomic E-state index is 11.7. The predicted octanol–water partition coefficient (Wildman–Crippen LogP) is 0.845. The van der Waals surface area contributed by atoms with E-state index in [1.807, 2.05) is 30.5 Å². The third-order valence-electron chi connectivity index (χ3n) is 3.32. The van der Waals surface area contributed by atoms with Gasteiger partial charge in [0.25, 0.3) is 0 Å². The second-order valence-electron chi connectivity index (χ2n) is 4.99. The lowest BCUT2D eigenvalue weighted by atomic mass is 10.1. The number of hydrogen-bond donors (Lipinski definition) is 5. The summed E-state index contributed by atoms with van der Waals surface area (Å²) in [7, 11) is 0. The lowest BCUT2D eigenvalue weighted by molar-refractivity contribution is -0.136. The van der Waals surface area contributed by atoms with Crippen molar-refractivity contribution >= 4 is 22.9 Å². The Morgan fingerprint density at radius 2 is 2.05 bits per heavy atom. The van der Waals surface area contributed by atoms with Crippen molar-refractivity contribution in [3.63, 3.8) is 0 Å². The van der Waals surface area contributed by atoms with Gasteiger partial charge in [0, 0.05) is 23.6 Å². The predicted molar refractivity (Wildman–Crippen MR) is 81.7 cm³/mol. The van der Waals surface area contributed by atoms with Crippen LogP contribution in [0.5, 0.6) is 0 Å². The maximum absolute atomic E-state index is 11.7. The molecule has 0 fully saturated rings. The Morgan fingerprint density at radius 1 is 1.27 bits per heavy atom. The molecule has 0 spiro atoms. The molecule has 22 heavy (non-hydrogen) atoms. The van der Waals surface area contributed by atoms with Gasteiger partial charge in [0.2, 0.25) is 0 Å². The molecule has 0 saturated heterocycles. The van der Waals surface area contributed by atoms with Crippen molar-refractivity contribution in [3.8, 4) is 0 Å². The van der Waals surface area contributed by atoms with Gasteiger partial charge in [-0.05, 0) is 18.1 Å². The highest BCUT2D eigenvalue weighted by Crippen LogP contribution is 2.18. The monoisotopic (exact) mass is 305 g/mol. The summed E-state index contributed by atoms with van der Waals surface area (Å²) in [6.07, 6.45) is 2.20. The molecule has 1 heterocycles. The standard InChI is InChI=1S/C15H19N3O4/c19-9-11(18-15(22)16-6-5-14(20)21)7-10-8-17-13-4-2-1-3-12(10)13/h1-4,8,11,17,19H,5-7,9H2,(H,20,21)(H2,16,18,22). The van der Waals surface area contributed by atoms with Gasteiger partial charge < -0.3 is 25.8 Å². The van der Waals surface area contributed by atoms with E-state index in [1.165, 1.54) is 0 Å². The van der Waals surface area contributed by atoms with Gasteiger partial charge in [0.1, 0.15) is 0 Å². The first kappa shape index (κ1) is 15.8. The van der Waals surface area contributed by atoms with Gasteiger partial charge in [-0.3, -0.25) is 4.79 Å². The van der Waals surface area contributed by atoms with Crippen molar-refractivity contribution in [2.45, 2.75) is 18.9 Å². The van der Waals surface area contributed by atoms with E-state index in [-0.39, 0.29) is 19.6 Å². The number of aliphatic carboxylic acids is 1. The van der Waals surface area contributed by atoms with Crippen LogP contribution in [-0.2, 0) is 11.2 Å². The third-order valence-corrected chi connectivity index (χ3v) is 3.32. The fourth-order valence-electron chi connectivity index (χ4n) is 2.25. The van der Waals surface area contributed by atoms with E-state index < -0.39 is 18.0 Å². The van der Waals surface area contributed by atoms with E-state index >= 15 is 0 Å². The summed E-state index contributed by atoms with van der Waals surface area (Å²) < 4.78 is 0. The maximum Gasteiger partial charge on any atom is 0.315 e. The van der Waals surface area contributed by atoms with Gasteiger partial charge in [-0.1, -0.05) is 18.2 Å². The van der Waals surface area contributed by atoms with Crippen molar-refractivity contribution in [2.24, 2.45) is 0 Å². The van der Waals surface area contributed by atoms with Crippen molar-refractivity contribution in [1.29, 1.82) is 0 Å². The second kappa shape index (κ2) is 7.46. The number of aliphatic hydroxyl groups excluding tert-OH is 1. The number of hydrogen-bond acceptors (Lipinski definition) is 3. The number of rotatable bonds is 7. The molecule has 2 aromatic rings. The number of fused-ring (bicyclic) bond motifs is 1. The summed E-state index contributed by atoms with van der Waals surface area (Å²) >= 11 is 0. The van der Waals surface area contributed by atoms with Crippen LogP contribution < -0.4 is 10.6 Å². The van der Waals surface area contributed by atoms with E-state index in [0.717, 1.165) is 16.5 Å². The zero-order valence-corrected chi connectivity index (χ0v) is 12.0. The first-order valence-corrected chi connectivity index (χ1v) is 7.02. The highest BCUT2D eigenvalue weighted by Gasteiger charge is 2.14. The Bertz CT molecular complexity index is 653. The van der Waals surface area contributed by atoms with Crippen molar-refractivity contribution in [1.82, 2.24) is 15.6 Å². The van der Waals surface area contributed by atoms with E-state index in [4.69, 9.17) is 5.11 Å². The number of carbonyl (C=O) groups excluding carboxylic acids is 1. The van der Waals surface area contributed by atoms with Gasteiger partial charge in [0.05, 0.1) is 19.1 Å². The first-order chi connectivity index (χ1) is 10.6. The molecule has 7 heteroatoms. The van der Waals surface area contributed by atoms with Gasteiger partial charge in [-0.15, -0.1) is 0 Å². The summed E-state index contributed by atoms with van der Waals surface area (Å²) in [5.74, 6) is -0.974. The summed E-state index contributed by atoms with van der Waals surface area (Å²) in [6, 6.07) is 6.87. The van der Waals surface area contributed by atoms with Gasteiger partial charge in [0.15, 0.2) is 0 Å². The Morgan fingerprint density at radius 3 is 2.77 bits per heavy atom. The van der Waals surface area contributed by atoms with Crippen LogP contribution in [-0.4, -0.2) is 46.4 Å². The number of aliphatic hydroxyl groups is 1. The summed E-state index contributed by atoms with van der Waals surface area (Å²) in [5.41, 5.74) is 2.00. The van der Waals surface area contributed by atoms with E-state index in [1.54, 1.807) is 0 Å². The number of amides is 2. The van der Waals surface area contributed by atoms with Gasteiger partial charge in [-0.2, -0.15) is 0 Å². The number of carboxylic acids is 1. The third kappa shape index (κ3) is 4.23. The minimum atomic E-state index is -0.974. The van der Waals surface area contributed by atoms with Crippen LogP contribution in [0.1, 0.15) is 12.0 Å². The fourth-order valence-corrected chi connectivity index (χ4v) is 2.25. The molecule has 1 unspecified atom stereocenters. The number of carbonyl (C=O) groups is 2.